The predicted octanol–water partition coefficient (Wildman–Crippen LogP) is 3.39. The average Bonchev–Trinajstić information content (AvgIpc) is 3.26. The van der Waals surface area contributed by atoms with Gasteiger partial charge < -0.3 is 15.4 Å². The third-order valence-electron chi connectivity index (χ3n) is 5.97. The number of halogens is 3. The molecule has 0 spiro atoms. The fourth-order valence-electron chi connectivity index (χ4n) is 4.19. The lowest BCUT2D eigenvalue weighted by molar-refractivity contribution is -0.134. The first-order valence-electron chi connectivity index (χ1n) is 11.1. The molecule has 2 aliphatic heterocycles. The molecule has 0 atom stereocenters. The molecule has 0 bridgehead atoms. The summed E-state index contributed by atoms with van der Waals surface area (Å²) in [4.78, 5) is 21.4. The van der Waals surface area contributed by atoms with Crippen LogP contribution in [0.15, 0.2) is 36.8 Å². The number of carbonyl (C=O) groups excluding carboxylic acids is 1. The maximum absolute atomic E-state index is 12.9. The summed E-state index contributed by atoms with van der Waals surface area (Å²) >= 11 is 0. The molecule has 34 heavy (non-hydrogen) atoms. The molecule has 1 amide bonds. The first-order valence-corrected chi connectivity index (χ1v) is 11.1. The van der Waals surface area contributed by atoms with E-state index < -0.39 is 12.6 Å². The predicted molar refractivity (Wildman–Crippen MR) is 118 cm³/mol. The molecule has 0 aromatic carbocycles. The topological polar surface area (TPSA) is 93.4 Å². The van der Waals surface area contributed by atoms with E-state index in [1.807, 2.05) is 18.2 Å². The number of rotatable bonds is 5. The van der Waals surface area contributed by atoms with Gasteiger partial charge in [0.25, 0.3) is 5.91 Å². The molecule has 1 fully saturated rings. The number of aromatic nitrogens is 4. The van der Waals surface area contributed by atoms with Crippen molar-refractivity contribution in [2.24, 2.45) is 0 Å². The zero-order chi connectivity index (χ0) is 23.7. The number of alkyl halides is 3. The van der Waals surface area contributed by atoms with Gasteiger partial charge >= 0.3 is 6.18 Å². The second-order valence-electron chi connectivity index (χ2n) is 8.33. The lowest BCUT2D eigenvalue weighted by Crippen LogP contribution is -2.38. The van der Waals surface area contributed by atoms with Gasteiger partial charge in [0.05, 0.1) is 23.7 Å². The van der Waals surface area contributed by atoms with E-state index in [4.69, 9.17) is 4.74 Å². The van der Waals surface area contributed by atoms with Crippen molar-refractivity contribution in [1.29, 1.82) is 0 Å². The number of anilines is 1. The molecule has 11 heteroatoms. The molecule has 2 aliphatic rings. The number of carbonyl (C=O) groups is 1. The molecule has 0 unspecified atom stereocenters. The maximum Gasteiger partial charge on any atom is 0.389 e. The number of amides is 1. The van der Waals surface area contributed by atoms with E-state index in [9.17, 15) is 18.0 Å². The van der Waals surface area contributed by atoms with Crippen LogP contribution in [-0.2, 0) is 11.2 Å². The zero-order valence-electron chi connectivity index (χ0n) is 18.2. The van der Waals surface area contributed by atoms with Crippen LogP contribution in [0.2, 0.25) is 0 Å². The summed E-state index contributed by atoms with van der Waals surface area (Å²) in [6.45, 7) is 1.73. The number of hydrogen-bond acceptors (Lipinski definition) is 6. The smallest absolute Gasteiger partial charge is 0.381 e. The van der Waals surface area contributed by atoms with E-state index in [1.54, 1.807) is 23.1 Å². The van der Waals surface area contributed by atoms with Gasteiger partial charge in [0, 0.05) is 50.2 Å². The zero-order valence-corrected chi connectivity index (χ0v) is 18.2. The molecule has 0 saturated carbocycles. The minimum absolute atomic E-state index is 0.0714. The summed E-state index contributed by atoms with van der Waals surface area (Å²) in [5.74, 6) is 0.454. The highest BCUT2D eigenvalue weighted by Crippen LogP contribution is 2.32. The van der Waals surface area contributed by atoms with Crippen LogP contribution in [-0.4, -0.2) is 57.5 Å². The van der Waals surface area contributed by atoms with Gasteiger partial charge in [-0.15, -0.1) is 0 Å². The fourth-order valence-corrected chi connectivity index (χ4v) is 4.19. The Balaban J connectivity index is 1.41. The van der Waals surface area contributed by atoms with E-state index in [-0.39, 0.29) is 24.2 Å². The minimum Gasteiger partial charge on any atom is -0.381 e. The summed E-state index contributed by atoms with van der Waals surface area (Å²) in [6, 6.07) is 3.82. The quantitative estimate of drug-likeness (QED) is 0.592. The highest BCUT2D eigenvalue weighted by atomic mass is 19.4. The number of pyridine rings is 1. The Kier molecular flexibility index (Phi) is 5.94. The highest BCUT2D eigenvalue weighted by molar-refractivity contribution is 6.01. The standard InChI is InChI=1S/C23H23F3N6O2/c24-23(25,26)6-1-20-28-12-17-16(2-7-27-21(17)31-20)14-3-8-32-19(11-14)18(13-29-32)22(33)30-15-4-9-34-10-5-15/h2-3,8,11-13,15H,1,4-7,9-10H2,(H,30,33)(H,27,28,31). The van der Waals surface area contributed by atoms with Crippen molar-refractivity contribution in [1.82, 2.24) is 24.9 Å². The van der Waals surface area contributed by atoms with E-state index in [1.165, 1.54) is 0 Å². The lowest BCUT2D eigenvalue weighted by atomic mass is 9.97. The molecule has 8 nitrogen and oxygen atoms in total. The number of nitrogens with zero attached hydrogens (tertiary/aromatic N) is 4. The third-order valence-corrected chi connectivity index (χ3v) is 5.97. The third kappa shape index (κ3) is 4.74. The van der Waals surface area contributed by atoms with Crippen LogP contribution in [0, 0.1) is 0 Å². The molecule has 3 aromatic rings. The number of aryl methyl sites for hydroxylation is 1. The van der Waals surface area contributed by atoms with Crippen molar-refractivity contribution in [2.75, 3.05) is 25.1 Å². The summed E-state index contributed by atoms with van der Waals surface area (Å²) < 4.78 is 44.7. The van der Waals surface area contributed by atoms with Crippen molar-refractivity contribution >= 4 is 22.8 Å². The van der Waals surface area contributed by atoms with Crippen LogP contribution in [0.3, 0.4) is 0 Å². The van der Waals surface area contributed by atoms with E-state index in [0.717, 1.165) is 24.0 Å². The van der Waals surface area contributed by atoms with Gasteiger partial charge in [-0.1, -0.05) is 6.08 Å². The Morgan fingerprint density at radius 1 is 1.26 bits per heavy atom. The van der Waals surface area contributed by atoms with Gasteiger partial charge in [0.1, 0.15) is 11.6 Å². The Bertz CT molecular complexity index is 1250. The van der Waals surface area contributed by atoms with Crippen molar-refractivity contribution < 1.29 is 22.7 Å². The van der Waals surface area contributed by atoms with Crippen LogP contribution in [0.1, 0.15) is 46.6 Å². The second-order valence-corrected chi connectivity index (χ2v) is 8.33. The molecule has 3 aromatic heterocycles. The minimum atomic E-state index is -4.26. The highest BCUT2D eigenvalue weighted by Gasteiger charge is 2.28. The van der Waals surface area contributed by atoms with E-state index in [0.29, 0.717) is 42.2 Å². The van der Waals surface area contributed by atoms with Crippen molar-refractivity contribution in [3.8, 4) is 0 Å². The van der Waals surface area contributed by atoms with Gasteiger partial charge in [-0.05, 0) is 36.1 Å². The van der Waals surface area contributed by atoms with Gasteiger partial charge in [-0.2, -0.15) is 18.3 Å². The van der Waals surface area contributed by atoms with Crippen LogP contribution >= 0.6 is 0 Å². The van der Waals surface area contributed by atoms with Crippen LogP contribution in [0.5, 0.6) is 0 Å². The molecule has 0 radical (unpaired) electrons. The lowest BCUT2D eigenvalue weighted by Gasteiger charge is -2.23. The fraction of sp³-hybridized carbons (Fsp3) is 0.391. The number of nitrogens with one attached hydrogen (secondary N) is 2. The van der Waals surface area contributed by atoms with Gasteiger partial charge in [0.15, 0.2) is 0 Å². The van der Waals surface area contributed by atoms with Gasteiger partial charge in [-0.3, -0.25) is 4.79 Å². The van der Waals surface area contributed by atoms with Crippen molar-refractivity contribution in [2.45, 2.75) is 37.9 Å². The molecular weight excluding hydrogens is 449 g/mol. The Hall–Kier alpha value is -3.47. The van der Waals surface area contributed by atoms with Gasteiger partial charge in [0.2, 0.25) is 0 Å². The van der Waals surface area contributed by atoms with Gasteiger partial charge in [-0.25, -0.2) is 14.5 Å². The largest absolute Gasteiger partial charge is 0.389 e. The number of ether oxygens (including phenoxy) is 1. The Morgan fingerprint density at radius 3 is 2.88 bits per heavy atom. The Labute approximate surface area is 193 Å². The molecule has 5 heterocycles. The summed E-state index contributed by atoms with van der Waals surface area (Å²) in [7, 11) is 0. The number of fused-ring (bicyclic) bond motifs is 2. The van der Waals surface area contributed by atoms with Crippen LogP contribution < -0.4 is 10.6 Å². The Morgan fingerprint density at radius 2 is 2.09 bits per heavy atom. The van der Waals surface area contributed by atoms with Crippen LogP contribution in [0.25, 0.3) is 11.1 Å². The molecule has 2 N–H and O–H groups in total. The summed E-state index contributed by atoms with van der Waals surface area (Å²) in [5.41, 5.74) is 3.50. The van der Waals surface area contributed by atoms with Crippen molar-refractivity contribution in [3.63, 3.8) is 0 Å². The first-order chi connectivity index (χ1) is 16.4. The molecule has 1 saturated heterocycles. The normalized spacial score (nSPS) is 16.6. The average molecular weight is 472 g/mol. The van der Waals surface area contributed by atoms with E-state index >= 15 is 0 Å². The maximum atomic E-state index is 12.9. The summed E-state index contributed by atoms with van der Waals surface area (Å²) in [6.07, 6.45) is 2.89. The SMILES string of the molecule is O=C(NC1CCOCC1)c1cnn2ccc(C3=CCNc4nc(CCC(F)(F)F)ncc43)cc12. The van der Waals surface area contributed by atoms with Crippen molar-refractivity contribution in [3.05, 3.63) is 59.3 Å². The number of hydrogen-bond donors (Lipinski definition) is 2. The summed E-state index contributed by atoms with van der Waals surface area (Å²) in [5, 5.41) is 10.5. The molecular formula is C23H23F3N6O2. The molecule has 178 valence electrons. The second kappa shape index (κ2) is 9.05. The first kappa shape index (κ1) is 22.3. The van der Waals surface area contributed by atoms with Crippen LogP contribution in [0.4, 0.5) is 19.0 Å². The molecule has 5 rings (SSSR count). The monoisotopic (exact) mass is 472 g/mol. The molecule has 0 aliphatic carbocycles. The van der Waals surface area contributed by atoms with E-state index in [2.05, 4.69) is 25.7 Å².